The molecule has 5 heteroatoms. The van der Waals surface area contributed by atoms with Crippen LogP contribution in [-0.4, -0.2) is 23.8 Å². The minimum atomic E-state index is -0.460. The molecule has 1 saturated carbocycles. The summed E-state index contributed by atoms with van der Waals surface area (Å²) in [5.41, 5.74) is 0.645. The van der Waals surface area contributed by atoms with Gasteiger partial charge in [0.2, 0.25) is 0 Å². The molecule has 21 heavy (non-hydrogen) atoms. The molecule has 0 bridgehead atoms. The van der Waals surface area contributed by atoms with Gasteiger partial charge >= 0.3 is 6.09 Å². The molecule has 2 rings (SSSR count). The van der Waals surface area contributed by atoms with Crippen molar-refractivity contribution in [2.24, 2.45) is 0 Å². The molecule has 0 aliphatic heterocycles. The first-order valence-electron chi connectivity index (χ1n) is 7.15. The average Bonchev–Trinajstić information content (AvgIpc) is 2.26. The number of nitrogens with one attached hydrogen (secondary N) is 1. The Bertz CT molecular complexity index is 519. The van der Waals surface area contributed by atoms with Gasteiger partial charge in [-0.1, -0.05) is 15.9 Å². The Morgan fingerprint density at radius 1 is 1.33 bits per heavy atom. The first kappa shape index (κ1) is 16.1. The highest BCUT2D eigenvalue weighted by Gasteiger charge is 2.33. The van der Waals surface area contributed by atoms with E-state index in [0.29, 0.717) is 0 Å². The number of aryl methyl sites for hydroxylation is 1. The molecule has 0 atom stereocenters. The fraction of sp³-hybridized carbons (Fsp3) is 0.562. The molecule has 1 aromatic rings. The smallest absolute Gasteiger partial charge is 0.407 e. The van der Waals surface area contributed by atoms with Gasteiger partial charge in [-0.3, -0.25) is 0 Å². The maximum absolute atomic E-state index is 11.6. The molecule has 0 unspecified atom stereocenters. The molecule has 0 heterocycles. The summed E-state index contributed by atoms with van der Waals surface area (Å²) in [6.45, 7) is 7.59. The van der Waals surface area contributed by atoms with Crippen LogP contribution in [0, 0.1) is 6.92 Å². The Hall–Kier alpha value is -1.23. The highest BCUT2D eigenvalue weighted by Crippen LogP contribution is 2.29. The Kier molecular flexibility index (Phi) is 4.81. The zero-order valence-electron chi connectivity index (χ0n) is 12.9. The van der Waals surface area contributed by atoms with Crippen molar-refractivity contribution >= 4 is 22.0 Å². The number of benzene rings is 1. The zero-order chi connectivity index (χ0) is 15.6. The van der Waals surface area contributed by atoms with Crippen LogP contribution in [0.3, 0.4) is 0 Å². The van der Waals surface area contributed by atoms with Gasteiger partial charge in [0.25, 0.3) is 0 Å². The summed E-state index contributed by atoms with van der Waals surface area (Å²) in [4.78, 5) is 11.6. The largest absolute Gasteiger partial charge is 0.490 e. The summed E-state index contributed by atoms with van der Waals surface area (Å²) in [6.07, 6.45) is 1.43. The lowest BCUT2D eigenvalue weighted by Crippen LogP contribution is -2.50. The molecule has 0 aromatic heterocycles. The van der Waals surface area contributed by atoms with Gasteiger partial charge in [0.05, 0.1) is 0 Å². The summed E-state index contributed by atoms with van der Waals surface area (Å²) < 4.78 is 12.2. The Balaban J connectivity index is 1.75. The van der Waals surface area contributed by atoms with Crippen LogP contribution in [0.25, 0.3) is 0 Å². The van der Waals surface area contributed by atoms with Gasteiger partial charge in [-0.2, -0.15) is 0 Å². The summed E-state index contributed by atoms with van der Waals surface area (Å²) in [5, 5.41) is 2.86. The van der Waals surface area contributed by atoms with Crippen LogP contribution in [0.5, 0.6) is 5.75 Å². The van der Waals surface area contributed by atoms with E-state index >= 15 is 0 Å². The van der Waals surface area contributed by atoms with E-state index in [2.05, 4.69) is 21.2 Å². The van der Waals surface area contributed by atoms with Gasteiger partial charge in [-0.15, -0.1) is 0 Å². The number of hydrogen-bond acceptors (Lipinski definition) is 3. The predicted octanol–water partition coefficient (Wildman–Crippen LogP) is 4.19. The van der Waals surface area contributed by atoms with Gasteiger partial charge in [0.15, 0.2) is 0 Å². The number of halogens is 1. The van der Waals surface area contributed by atoms with Crippen molar-refractivity contribution in [3.63, 3.8) is 0 Å². The second-order valence-corrected chi connectivity index (χ2v) is 7.38. The third-order valence-corrected chi connectivity index (χ3v) is 3.74. The average molecular weight is 356 g/mol. The number of carbonyl (C=O) groups excluding carboxylic acids is 1. The number of ether oxygens (including phenoxy) is 2. The number of carbonyl (C=O) groups is 1. The molecule has 1 aliphatic rings. The lowest BCUT2D eigenvalue weighted by molar-refractivity contribution is 0.0361. The van der Waals surface area contributed by atoms with Crippen LogP contribution >= 0.6 is 15.9 Å². The van der Waals surface area contributed by atoms with Crippen LogP contribution in [0.4, 0.5) is 4.79 Å². The van der Waals surface area contributed by atoms with Gasteiger partial charge in [-0.05, 0) is 51.5 Å². The third kappa shape index (κ3) is 4.92. The molecular formula is C16H22BrNO3. The first-order chi connectivity index (χ1) is 9.73. The first-order valence-corrected chi connectivity index (χ1v) is 7.94. The summed E-state index contributed by atoms with van der Waals surface area (Å²) >= 11 is 3.44. The molecule has 1 fully saturated rings. The number of rotatable bonds is 3. The maximum atomic E-state index is 11.6. The Morgan fingerprint density at radius 3 is 2.57 bits per heavy atom. The monoisotopic (exact) mass is 355 g/mol. The van der Waals surface area contributed by atoms with Gasteiger partial charge < -0.3 is 14.8 Å². The summed E-state index contributed by atoms with van der Waals surface area (Å²) in [6, 6.07) is 6.11. The van der Waals surface area contributed by atoms with Crippen LogP contribution < -0.4 is 10.1 Å². The molecule has 0 radical (unpaired) electrons. The summed E-state index contributed by atoms with van der Waals surface area (Å²) in [5.74, 6) is 0.902. The minimum Gasteiger partial charge on any atom is -0.490 e. The van der Waals surface area contributed by atoms with Crippen molar-refractivity contribution in [1.29, 1.82) is 0 Å². The molecule has 0 saturated heterocycles. The maximum Gasteiger partial charge on any atom is 0.407 e. The fourth-order valence-electron chi connectivity index (χ4n) is 2.18. The normalized spacial score (nSPS) is 21.4. The van der Waals surface area contributed by atoms with Crippen molar-refractivity contribution in [2.75, 3.05) is 0 Å². The van der Waals surface area contributed by atoms with Crippen LogP contribution in [0.2, 0.25) is 0 Å². The topological polar surface area (TPSA) is 47.6 Å². The lowest BCUT2D eigenvalue weighted by Gasteiger charge is -2.36. The molecule has 1 aliphatic carbocycles. The second kappa shape index (κ2) is 6.26. The SMILES string of the molecule is Cc1cc(Br)ccc1OC1CC(NC(=O)OC(C)(C)C)C1. The third-order valence-electron chi connectivity index (χ3n) is 3.25. The molecule has 1 aromatic carbocycles. The van der Waals surface area contributed by atoms with Crippen molar-refractivity contribution in [1.82, 2.24) is 5.32 Å². The van der Waals surface area contributed by atoms with Crippen LogP contribution in [0.1, 0.15) is 39.2 Å². The van der Waals surface area contributed by atoms with Gasteiger partial charge in [0, 0.05) is 23.4 Å². The quantitative estimate of drug-likeness (QED) is 0.883. The molecule has 1 amide bonds. The van der Waals surface area contributed by atoms with Gasteiger partial charge in [0.1, 0.15) is 17.5 Å². The number of hydrogen-bond donors (Lipinski definition) is 1. The van der Waals surface area contributed by atoms with Crippen molar-refractivity contribution in [3.05, 3.63) is 28.2 Å². The molecule has 4 nitrogen and oxygen atoms in total. The number of amides is 1. The van der Waals surface area contributed by atoms with Crippen molar-refractivity contribution < 1.29 is 14.3 Å². The fourth-order valence-corrected chi connectivity index (χ4v) is 2.65. The molecule has 116 valence electrons. The molecular weight excluding hydrogens is 334 g/mol. The molecule has 1 N–H and O–H groups in total. The zero-order valence-corrected chi connectivity index (χ0v) is 14.5. The number of alkyl carbamates (subject to hydrolysis) is 1. The van der Waals surface area contributed by atoms with E-state index in [1.165, 1.54) is 0 Å². The van der Waals surface area contributed by atoms with E-state index in [1.807, 2.05) is 45.9 Å². The lowest BCUT2D eigenvalue weighted by atomic mass is 9.89. The van der Waals surface area contributed by atoms with E-state index in [4.69, 9.17) is 9.47 Å². The van der Waals surface area contributed by atoms with Crippen molar-refractivity contribution in [3.8, 4) is 5.75 Å². The predicted molar refractivity (Wildman–Crippen MR) is 85.7 cm³/mol. The van der Waals surface area contributed by atoms with E-state index in [9.17, 15) is 4.79 Å². The Morgan fingerprint density at radius 2 is 2.00 bits per heavy atom. The van der Waals surface area contributed by atoms with E-state index < -0.39 is 5.60 Å². The highest BCUT2D eigenvalue weighted by atomic mass is 79.9. The highest BCUT2D eigenvalue weighted by molar-refractivity contribution is 9.10. The van der Waals surface area contributed by atoms with Gasteiger partial charge in [-0.25, -0.2) is 4.79 Å². The molecule has 0 spiro atoms. The minimum absolute atomic E-state index is 0.139. The van der Waals surface area contributed by atoms with Crippen LogP contribution in [-0.2, 0) is 4.74 Å². The summed E-state index contributed by atoms with van der Waals surface area (Å²) in [7, 11) is 0. The van der Waals surface area contributed by atoms with Crippen molar-refractivity contribution in [2.45, 2.75) is 58.3 Å². The van der Waals surface area contributed by atoms with Crippen LogP contribution in [0.15, 0.2) is 22.7 Å². The van der Waals surface area contributed by atoms with E-state index in [0.717, 1.165) is 28.6 Å². The van der Waals surface area contributed by atoms with E-state index in [-0.39, 0.29) is 18.2 Å². The second-order valence-electron chi connectivity index (χ2n) is 6.46. The Labute approximate surface area is 134 Å². The van der Waals surface area contributed by atoms with E-state index in [1.54, 1.807) is 0 Å². The standard InChI is InChI=1S/C16H22BrNO3/c1-10-7-11(17)5-6-14(10)20-13-8-12(9-13)18-15(19)21-16(2,3)4/h5-7,12-13H,8-9H2,1-4H3,(H,18,19).